The normalized spacial score (nSPS) is 27.7. The fourth-order valence-electron chi connectivity index (χ4n) is 1.82. The van der Waals surface area contributed by atoms with Crippen molar-refractivity contribution in [3.8, 4) is 0 Å². The van der Waals surface area contributed by atoms with Gasteiger partial charge in [-0.25, -0.2) is 0 Å². The molecular weight excluding hydrogens is 246 g/mol. The van der Waals surface area contributed by atoms with Gasteiger partial charge in [0.15, 0.2) is 0 Å². The molecule has 1 saturated heterocycles. The first kappa shape index (κ1) is 11.7. The molecule has 0 aromatic rings. The van der Waals surface area contributed by atoms with Gasteiger partial charge in [0.2, 0.25) is 11.8 Å². The van der Waals surface area contributed by atoms with Crippen LogP contribution < -0.4 is 0 Å². The molecule has 1 aliphatic rings. The molecule has 1 atom stereocenters. The molecule has 0 bridgehead atoms. The fourth-order valence-corrected chi connectivity index (χ4v) is 2.95. The third-order valence-corrected chi connectivity index (χ3v) is 3.93. The van der Waals surface area contributed by atoms with Gasteiger partial charge in [-0.3, -0.25) is 14.5 Å². The highest BCUT2D eigenvalue weighted by atomic mass is 79.9. The van der Waals surface area contributed by atoms with Crippen molar-refractivity contribution < 1.29 is 9.59 Å². The van der Waals surface area contributed by atoms with E-state index in [-0.39, 0.29) is 17.7 Å². The van der Waals surface area contributed by atoms with Crippen molar-refractivity contribution in [1.82, 2.24) is 4.90 Å². The van der Waals surface area contributed by atoms with Crippen LogP contribution >= 0.6 is 15.9 Å². The molecule has 0 radical (unpaired) electrons. The van der Waals surface area contributed by atoms with Gasteiger partial charge in [-0.1, -0.05) is 29.8 Å². The summed E-state index contributed by atoms with van der Waals surface area (Å²) in [6.45, 7) is 3.83. The van der Waals surface area contributed by atoms with Gasteiger partial charge in [0.05, 0.1) is 0 Å². The van der Waals surface area contributed by atoms with Crippen molar-refractivity contribution in [2.24, 2.45) is 11.3 Å². The molecule has 14 heavy (non-hydrogen) atoms. The zero-order valence-corrected chi connectivity index (χ0v) is 10.4. The Kier molecular flexibility index (Phi) is 3.35. The maximum atomic E-state index is 11.9. The lowest BCUT2D eigenvalue weighted by molar-refractivity contribution is -0.148. The van der Waals surface area contributed by atoms with Crippen LogP contribution in [0.3, 0.4) is 0 Å². The number of imide groups is 1. The summed E-state index contributed by atoms with van der Waals surface area (Å²) < 4.78 is 0. The fraction of sp³-hybridized carbons (Fsp3) is 0.800. The standard InChI is InChI=1S/C10H16BrNO2/c1-10(2)7(6-11)4-5-8(13)12(3)9(10)14/h7H,4-6H2,1-3H3. The molecule has 0 N–H and O–H groups in total. The number of nitrogens with zero attached hydrogens (tertiary/aromatic N) is 1. The van der Waals surface area contributed by atoms with Crippen molar-refractivity contribution in [3.63, 3.8) is 0 Å². The van der Waals surface area contributed by atoms with Crippen molar-refractivity contribution >= 4 is 27.7 Å². The second-order valence-electron chi connectivity index (χ2n) is 4.37. The van der Waals surface area contributed by atoms with Crippen molar-refractivity contribution in [1.29, 1.82) is 0 Å². The zero-order valence-electron chi connectivity index (χ0n) is 8.84. The minimum atomic E-state index is -0.440. The van der Waals surface area contributed by atoms with Gasteiger partial charge in [-0.15, -0.1) is 0 Å². The maximum absolute atomic E-state index is 11.9. The Labute approximate surface area is 93.0 Å². The minimum Gasteiger partial charge on any atom is -0.285 e. The van der Waals surface area contributed by atoms with Crippen LogP contribution in [0.5, 0.6) is 0 Å². The van der Waals surface area contributed by atoms with E-state index in [0.29, 0.717) is 6.42 Å². The second-order valence-corrected chi connectivity index (χ2v) is 5.02. The van der Waals surface area contributed by atoms with Crippen LogP contribution in [0.4, 0.5) is 0 Å². The Morgan fingerprint density at radius 3 is 2.57 bits per heavy atom. The molecule has 0 aliphatic carbocycles. The van der Waals surface area contributed by atoms with E-state index in [0.717, 1.165) is 11.8 Å². The summed E-state index contributed by atoms with van der Waals surface area (Å²) in [4.78, 5) is 24.7. The molecule has 4 heteroatoms. The van der Waals surface area contributed by atoms with E-state index in [1.54, 1.807) is 7.05 Å². The zero-order chi connectivity index (χ0) is 10.9. The van der Waals surface area contributed by atoms with Gasteiger partial charge < -0.3 is 0 Å². The van der Waals surface area contributed by atoms with Crippen LogP contribution in [0.2, 0.25) is 0 Å². The Morgan fingerprint density at radius 1 is 1.50 bits per heavy atom. The lowest BCUT2D eigenvalue weighted by Gasteiger charge is -2.31. The van der Waals surface area contributed by atoms with Gasteiger partial charge in [-0.05, 0) is 12.3 Å². The predicted molar refractivity (Wildman–Crippen MR) is 58.1 cm³/mol. The van der Waals surface area contributed by atoms with E-state index in [1.165, 1.54) is 4.90 Å². The molecule has 0 spiro atoms. The molecule has 1 heterocycles. The molecule has 0 saturated carbocycles. The summed E-state index contributed by atoms with van der Waals surface area (Å²) in [6, 6.07) is 0. The molecular formula is C10H16BrNO2. The van der Waals surface area contributed by atoms with E-state index >= 15 is 0 Å². The van der Waals surface area contributed by atoms with Crippen molar-refractivity contribution in [2.45, 2.75) is 26.7 Å². The molecule has 2 amide bonds. The first-order chi connectivity index (χ1) is 6.41. The van der Waals surface area contributed by atoms with Crippen LogP contribution in [0.25, 0.3) is 0 Å². The SMILES string of the molecule is CN1C(=O)CCC(CBr)C(C)(C)C1=O. The third-order valence-electron chi connectivity index (χ3n) is 3.14. The molecule has 0 aromatic heterocycles. The molecule has 3 nitrogen and oxygen atoms in total. The van der Waals surface area contributed by atoms with E-state index in [9.17, 15) is 9.59 Å². The first-order valence-corrected chi connectivity index (χ1v) is 5.90. The Bertz CT molecular complexity index is 263. The number of hydrogen-bond acceptors (Lipinski definition) is 2. The lowest BCUT2D eigenvalue weighted by atomic mass is 9.77. The summed E-state index contributed by atoms with van der Waals surface area (Å²) in [6.07, 6.45) is 1.26. The van der Waals surface area contributed by atoms with Crippen LogP contribution in [-0.2, 0) is 9.59 Å². The van der Waals surface area contributed by atoms with Crippen LogP contribution in [0.1, 0.15) is 26.7 Å². The third kappa shape index (κ3) is 1.85. The summed E-state index contributed by atoms with van der Waals surface area (Å²) in [5, 5.41) is 0.771. The average molecular weight is 262 g/mol. The number of alkyl halides is 1. The number of rotatable bonds is 1. The van der Waals surface area contributed by atoms with E-state index < -0.39 is 5.41 Å². The number of amides is 2. The molecule has 1 rings (SSSR count). The van der Waals surface area contributed by atoms with Gasteiger partial charge in [0, 0.05) is 24.2 Å². The van der Waals surface area contributed by atoms with Crippen molar-refractivity contribution in [2.75, 3.05) is 12.4 Å². The topological polar surface area (TPSA) is 37.4 Å². The summed E-state index contributed by atoms with van der Waals surface area (Å²) in [7, 11) is 1.57. The molecule has 1 unspecified atom stereocenters. The molecule has 1 fully saturated rings. The number of hydrogen-bond donors (Lipinski definition) is 0. The van der Waals surface area contributed by atoms with E-state index in [4.69, 9.17) is 0 Å². The number of carbonyl (C=O) groups is 2. The highest BCUT2D eigenvalue weighted by Crippen LogP contribution is 2.36. The molecule has 80 valence electrons. The number of carbonyl (C=O) groups excluding carboxylic acids is 2. The van der Waals surface area contributed by atoms with Gasteiger partial charge in [-0.2, -0.15) is 0 Å². The summed E-state index contributed by atoms with van der Waals surface area (Å²) in [5.41, 5.74) is -0.440. The van der Waals surface area contributed by atoms with E-state index in [2.05, 4.69) is 15.9 Å². The predicted octanol–water partition coefficient (Wildman–Crippen LogP) is 1.80. The maximum Gasteiger partial charge on any atom is 0.234 e. The van der Waals surface area contributed by atoms with Gasteiger partial charge >= 0.3 is 0 Å². The number of halogens is 1. The summed E-state index contributed by atoms with van der Waals surface area (Å²) in [5.74, 6) is 0.111. The van der Waals surface area contributed by atoms with Crippen LogP contribution in [-0.4, -0.2) is 29.1 Å². The minimum absolute atomic E-state index is 0.0634. The molecule has 0 aromatic carbocycles. The second kappa shape index (κ2) is 4.01. The quantitative estimate of drug-likeness (QED) is 0.533. The summed E-state index contributed by atoms with van der Waals surface area (Å²) >= 11 is 3.41. The van der Waals surface area contributed by atoms with Crippen LogP contribution in [0, 0.1) is 11.3 Å². The average Bonchev–Trinajstić information content (AvgIpc) is 2.20. The van der Waals surface area contributed by atoms with Gasteiger partial charge in [0.25, 0.3) is 0 Å². The first-order valence-electron chi connectivity index (χ1n) is 4.78. The Hall–Kier alpha value is -0.380. The van der Waals surface area contributed by atoms with Crippen LogP contribution in [0.15, 0.2) is 0 Å². The monoisotopic (exact) mass is 261 g/mol. The highest BCUT2D eigenvalue weighted by molar-refractivity contribution is 9.09. The molecule has 1 aliphatic heterocycles. The van der Waals surface area contributed by atoms with Crippen molar-refractivity contribution in [3.05, 3.63) is 0 Å². The van der Waals surface area contributed by atoms with E-state index in [1.807, 2.05) is 13.8 Å². The largest absolute Gasteiger partial charge is 0.285 e. The lowest BCUT2D eigenvalue weighted by Crippen LogP contribution is -2.42. The van der Waals surface area contributed by atoms with Gasteiger partial charge in [0.1, 0.15) is 0 Å². The highest BCUT2D eigenvalue weighted by Gasteiger charge is 2.42. The Balaban J connectivity index is 3.00. The number of likely N-dealkylation sites (tertiary alicyclic amines) is 1. The smallest absolute Gasteiger partial charge is 0.234 e. The Morgan fingerprint density at radius 2 is 2.07 bits per heavy atom.